The molecule has 0 bridgehead atoms. The Kier molecular flexibility index (Phi) is 3.81. The molecule has 0 saturated carbocycles. The van der Waals surface area contributed by atoms with Crippen molar-refractivity contribution in [3.05, 3.63) is 65.7 Å². The summed E-state index contributed by atoms with van der Waals surface area (Å²) >= 11 is 0. The number of para-hydroxylation sites is 1. The van der Waals surface area contributed by atoms with E-state index in [0.29, 0.717) is 6.04 Å². The fourth-order valence-corrected chi connectivity index (χ4v) is 3.84. The Morgan fingerprint density at radius 3 is 2.58 bits per heavy atom. The molecule has 3 nitrogen and oxygen atoms in total. The van der Waals surface area contributed by atoms with Crippen molar-refractivity contribution in [2.24, 2.45) is 0 Å². The van der Waals surface area contributed by atoms with Gasteiger partial charge in [-0.25, -0.2) is 8.78 Å². The van der Waals surface area contributed by atoms with Gasteiger partial charge >= 0.3 is 0 Å². The second kappa shape index (κ2) is 5.98. The number of carbonyl (C=O) groups excluding carboxylic acids is 1. The van der Waals surface area contributed by atoms with Crippen LogP contribution in [0.15, 0.2) is 48.5 Å². The minimum Gasteiger partial charge on any atom is -0.347 e. The molecular weight excluding hydrogens is 310 g/mol. The number of benzene rings is 2. The number of anilines is 1. The van der Waals surface area contributed by atoms with Crippen molar-refractivity contribution in [3.63, 3.8) is 0 Å². The third kappa shape index (κ3) is 2.49. The highest BCUT2D eigenvalue weighted by atomic mass is 19.2. The molecule has 0 aliphatic carbocycles. The Bertz CT molecular complexity index is 765. The topological polar surface area (TPSA) is 23.6 Å². The van der Waals surface area contributed by atoms with Crippen LogP contribution in [0.4, 0.5) is 14.5 Å². The Morgan fingerprint density at radius 1 is 1.04 bits per heavy atom. The summed E-state index contributed by atoms with van der Waals surface area (Å²) in [4.78, 5) is 17.3. The molecule has 0 amide bonds. The van der Waals surface area contributed by atoms with E-state index in [1.807, 2.05) is 30.3 Å². The van der Waals surface area contributed by atoms with Crippen molar-refractivity contribution < 1.29 is 13.6 Å². The molecule has 2 aromatic rings. The molecule has 2 heterocycles. The van der Waals surface area contributed by atoms with Crippen molar-refractivity contribution in [2.75, 3.05) is 18.0 Å². The first-order chi connectivity index (χ1) is 11.6. The van der Waals surface area contributed by atoms with Crippen LogP contribution >= 0.6 is 0 Å². The van der Waals surface area contributed by atoms with E-state index in [4.69, 9.17) is 0 Å². The summed E-state index contributed by atoms with van der Waals surface area (Å²) in [7, 11) is 0. The van der Waals surface area contributed by atoms with Gasteiger partial charge in [0.1, 0.15) is 6.17 Å². The van der Waals surface area contributed by atoms with E-state index < -0.39 is 17.8 Å². The maximum absolute atomic E-state index is 13.6. The number of carbonyl (C=O) groups is 1. The molecule has 2 saturated heterocycles. The van der Waals surface area contributed by atoms with Gasteiger partial charge in [0.25, 0.3) is 0 Å². The van der Waals surface area contributed by atoms with E-state index in [0.717, 1.165) is 43.8 Å². The van der Waals surface area contributed by atoms with Crippen LogP contribution in [0.1, 0.15) is 23.2 Å². The second-order valence-corrected chi connectivity index (χ2v) is 6.39. The zero-order valence-electron chi connectivity index (χ0n) is 13.2. The van der Waals surface area contributed by atoms with Gasteiger partial charge in [0.2, 0.25) is 0 Å². The average Bonchev–Trinajstić information content (AvgIpc) is 3.18. The maximum atomic E-state index is 13.6. The summed E-state index contributed by atoms with van der Waals surface area (Å²) < 4.78 is 26.7. The van der Waals surface area contributed by atoms with E-state index in [-0.39, 0.29) is 11.3 Å². The summed E-state index contributed by atoms with van der Waals surface area (Å²) in [6.45, 7) is 1.64. The van der Waals surface area contributed by atoms with Gasteiger partial charge in [-0.05, 0) is 43.2 Å². The minimum absolute atomic E-state index is 0.179. The Labute approximate surface area is 139 Å². The molecule has 5 heteroatoms. The molecule has 124 valence electrons. The van der Waals surface area contributed by atoms with Gasteiger partial charge in [0.05, 0.1) is 0 Å². The molecular formula is C19H18F2N2O. The summed E-state index contributed by atoms with van der Waals surface area (Å²) in [6, 6.07) is 13.5. The third-order valence-electron chi connectivity index (χ3n) is 4.97. The maximum Gasteiger partial charge on any atom is 0.200 e. The lowest BCUT2D eigenvalue weighted by Gasteiger charge is -2.29. The number of fused-ring (bicyclic) bond motifs is 1. The van der Waals surface area contributed by atoms with Gasteiger partial charge in [-0.1, -0.05) is 18.2 Å². The molecule has 2 aliphatic heterocycles. The first kappa shape index (κ1) is 15.3. The van der Waals surface area contributed by atoms with Crippen LogP contribution in [0.25, 0.3) is 0 Å². The molecule has 2 aromatic carbocycles. The lowest BCUT2D eigenvalue weighted by molar-refractivity contribution is 0.0866. The summed E-state index contributed by atoms with van der Waals surface area (Å²) in [5.74, 6) is -2.10. The predicted octanol–water partition coefficient (Wildman–Crippen LogP) is 3.46. The highest BCUT2D eigenvalue weighted by Gasteiger charge is 2.45. The van der Waals surface area contributed by atoms with E-state index in [9.17, 15) is 13.6 Å². The Hall–Kier alpha value is -2.27. The fraction of sp³-hybridized carbons (Fsp3) is 0.316. The molecule has 0 radical (unpaired) electrons. The number of ketones is 1. The van der Waals surface area contributed by atoms with Gasteiger partial charge in [0, 0.05) is 30.4 Å². The number of nitrogens with zero attached hydrogens (tertiary/aromatic N) is 2. The summed E-state index contributed by atoms with van der Waals surface area (Å²) in [5.41, 5.74) is 1.19. The Morgan fingerprint density at radius 2 is 1.83 bits per heavy atom. The summed E-state index contributed by atoms with van der Waals surface area (Å²) in [6.07, 6.45) is 1.67. The van der Waals surface area contributed by atoms with Crippen molar-refractivity contribution in [1.29, 1.82) is 0 Å². The molecule has 2 unspecified atom stereocenters. The number of halogens is 2. The molecule has 24 heavy (non-hydrogen) atoms. The van der Waals surface area contributed by atoms with Crippen molar-refractivity contribution >= 4 is 11.5 Å². The van der Waals surface area contributed by atoms with Crippen LogP contribution in [-0.2, 0) is 0 Å². The number of hydrogen-bond acceptors (Lipinski definition) is 3. The summed E-state index contributed by atoms with van der Waals surface area (Å²) in [5, 5.41) is 0. The minimum atomic E-state index is -0.983. The largest absolute Gasteiger partial charge is 0.347 e. The molecule has 0 spiro atoms. The van der Waals surface area contributed by atoms with E-state index in [1.165, 1.54) is 6.07 Å². The molecule has 0 aromatic heterocycles. The van der Waals surface area contributed by atoms with Gasteiger partial charge in [-0.15, -0.1) is 0 Å². The van der Waals surface area contributed by atoms with Crippen LogP contribution in [-0.4, -0.2) is 36.0 Å². The zero-order valence-corrected chi connectivity index (χ0v) is 13.2. The number of Topliss-reactive ketones (excluding diaryl/α,β-unsaturated/α-hetero) is 1. The third-order valence-corrected chi connectivity index (χ3v) is 4.97. The average molecular weight is 328 g/mol. The van der Waals surface area contributed by atoms with Crippen LogP contribution in [0.3, 0.4) is 0 Å². The van der Waals surface area contributed by atoms with E-state index in [1.54, 1.807) is 0 Å². The molecule has 2 fully saturated rings. The molecule has 2 aliphatic rings. The Balaban J connectivity index is 1.71. The molecule has 0 N–H and O–H groups in total. The predicted molar refractivity (Wildman–Crippen MR) is 88.0 cm³/mol. The monoisotopic (exact) mass is 328 g/mol. The van der Waals surface area contributed by atoms with Crippen molar-refractivity contribution in [3.8, 4) is 0 Å². The molecule has 4 rings (SSSR count). The number of hydrogen-bond donors (Lipinski definition) is 0. The van der Waals surface area contributed by atoms with E-state index in [2.05, 4.69) is 9.80 Å². The molecule has 2 atom stereocenters. The SMILES string of the molecule is O=C(c1ccc(F)c(F)c1)C1N(c2ccccc2)CC2CCCN21. The first-order valence-corrected chi connectivity index (χ1v) is 8.22. The van der Waals surface area contributed by atoms with E-state index >= 15 is 0 Å². The van der Waals surface area contributed by atoms with Gasteiger partial charge < -0.3 is 4.90 Å². The normalized spacial score (nSPS) is 23.5. The van der Waals surface area contributed by atoms with Crippen molar-refractivity contribution in [2.45, 2.75) is 25.0 Å². The number of rotatable bonds is 3. The second-order valence-electron chi connectivity index (χ2n) is 6.39. The van der Waals surface area contributed by atoms with Crippen LogP contribution in [0.2, 0.25) is 0 Å². The fourth-order valence-electron chi connectivity index (χ4n) is 3.84. The van der Waals surface area contributed by atoms with Crippen LogP contribution < -0.4 is 4.90 Å². The van der Waals surface area contributed by atoms with Gasteiger partial charge in [-0.3, -0.25) is 9.69 Å². The van der Waals surface area contributed by atoms with Crippen LogP contribution in [0, 0.1) is 11.6 Å². The highest BCUT2D eigenvalue weighted by molar-refractivity contribution is 6.02. The van der Waals surface area contributed by atoms with Gasteiger partial charge in [0.15, 0.2) is 17.4 Å². The quantitative estimate of drug-likeness (QED) is 0.806. The lowest BCUT2D eigenvalue weighted by atomic mass is 10.1. The van der Waals surface area contributed by atoms with Crippen molar-refractivity contribution in [1.82, 2.24) is 4.90 Å². The first-order valence-electron chi connectivity index (χ1n) is 8.22. The van der Waals surface area contributed by atoms with Gasteiger partial charge in [-0.2, -0.15) is 0 Å². The lowest BCUT2D eigenvalue weighted by Crippen LogP contribution is -2.45. The zero-order chi connectivity index (χ0) is 16.7. The van der Waals surface area contributed by atoms with Crippen LogP contribution in [0.5, 0.6) is 0 Å². The standard InChI is InChI=1S/C19H18F2N2O/c20-16-9-8-13(11-17(16)21)18(24)19-22-10-4-7-15(22)12-23(19)14-5-2-1-3-6-14/h1-3,5-6,8-9,11,15,19H,4,7,10,12H2. The smallest absolute Gasteiger partial charge is 0.200 e. The highest BCUT2D eigenvalue weighted by Crippen LogP contribution is 2.34.